The van der Waals surface area contributed by atoms with Crippen molar-refractivity contribution in [1.29, 1.82) is 0 Å². The van der Waals surface area contributed by atoms with Crippen LogP contribution in [-0.2, 0) is 11.2 Å². The van der Waals surface area contributed by atoms with Crippen molar-refractivity contribution < 1.29 is 4.79 Å². The lowest BCUT2D eigenvalue weighted by Crippen LogP contribution is -2.30. The predicted molar refractivity (Wildman–Crippen MR) is 87.3 cm³/mol. The Kier molecular flexibility index (Phi) is 4.63. The molecule has 0 aliphatic heterocycles. The molecule has 1 amide bonds. The van der Waals surface area contributed by atoms with E-state index in [1.54, 1.807) is 16.2 Å². The van der Waals surface area contributed by atoms with Crippen LogP contribution in [-0.4, -0.2) is 22.8 Å². The standard InChI is InChI=1S/C16H21N3OS/c1-10-16(21-12(3)18-10)11(2)19(4)15(20)9-13-5-7-14(17)8-6-13/h5-8,11H,9,17H2,1-4H3. The fraction of sp³-hybridized carbons (Fsp3) is 0.375. The van der Waals surface area contributed by atoms with Gasteiger partial charge in [0.1, 0.15) is 0 Å². The minimum Gasteiger partial charge on any atom is -0.399 e. The molecule has 0 spiro atoms. The van der Waals surface area contributed by atoms with E-state index in [4.69, 9.17) is 5.73 Å². The number of aryl methyl sites for hydroxylation is 2. The molecule has 0 aliphatic rings. The van der Waals surface area contributed by atoms with Crippen LogP contribution in [0.5, 0.6) is 0 Å². The number of nitrogens with zero attached hydrogens (tertiary/aromatic N) is 2. The van der Waals surface area contributed by atoms with Crippen molar-refractivity contribution in [2.75, 3.05) is 12.8 Å². The minimum absolute atomic E-state index is 0.0393. The van der Waals surface area contributed by atoms with E-state index < -0.39 is 0 Å². The number of rotatable bonds is 4. The summed E-state index contributed by atoms with van der Waals surface area (Å²) in [6.45, 7) is 6.03. The van der Waals surface area contributed by atoms with Crippen molar-refractivity contribution in [2.45, 2.75) is 33.2 Å². The summed E-state index contributed by atoms with van der Waals surface area (Å²) < 4.78 is 0. The van der Waals surface area contributed by atoms with E-state index in [2.05, 4.69) is 4.98 Å². The maximum Gasteiger partial charge on any atom is 0.227 e. The van der Waals surface area contributed by atoms with Gasteiger partial charge in [-0.15, -0.1) is 11.3 Å². The Morgan fingerprint density at radius 2 is 1.95 bits per heavy atom. The molecule has 0 saturated carbocycles. The van der Waals surface area contributed by atoms with Crippen LogP contribution >= 0.6 is 11.3 Å². The third-order valence-electron chi connectivity index (χ3n) is 3.63. The maximum atomic E-state index is 12.4. The van der Waals surface area contributed by atoms with Crippen LogP contribution in [0.3, 0.4) is 0 Å². The van der Waals surface area contributed by atoms with E-state index in [1.807, 2.05) is 52.1 Å². The van der Waals surface area contributed by atoms with Gasteiger partial charge < -0.3 is 10.6 Å². The summed E-state index contributed by atoms with van der Waals surface area (Å²) in [7, 11) is 1.85. The van der Waals surface area contributed by atoms with Gasteiger partial charge in [0.2, 0.25) is 5.91 Å². The van der Waals surface area contributed by atoms with Gasteiger partial charge in [-0.25, -0.2) is 4.98 Å². The van der Waals surface area contributed by atoms with E-state index in [-0.39, 0.29) is 11.9 Å². The fourth-order valence-corrected chi connectivity index (χ4v) is 3.28. The largest absolute Gasteiger partial charge is 0.399 e. The van der Waals surface area contributed by atoms with Gasteiger partial charge in [-0.05, 0) is 38.5 Å². The van der Waals surface area contributed by atoms with Crippen LogP contribution in [0.1, 0.15) is 34.1 Å². The molecular weight excluding hydrogens is 282 g/mol. The number of carbonyl (C=O) groups is 1. The number of amides is 1. The summed E-state index contributed by atoms with van der Waals surface area (Å²) in [6, 6.07) is 7.48. The fourth-order valence-electron chi connectivity index (χ4n) is 2.26. The van der Waals surface area contributed by atoms with Crippen molar-refractivity contribution in [3.05, 3.63) is 45.4 Å². The molecule has 1 aromatic carbocycles. The Balaban J connectivity index is 2.08. The molecule has 21 heavy (non-hydrogen) atoms. The van der Waals surface area contributed by atoms with Crippen LogP contribution in [0.15, 0.2) is 24.3 Å². The molecule has 1 aromatic heterocycles. The van der Waals surface area contributed by atoms with Gasteiger partial charge in [-0.2, -0.15) is 0 Å². The lowest BCUT2D eigenvalue weighted by atomic mass is 10.1. The first kappa shape index (κ1) is 15.5. The van der Waals surface area contributed by atoms with Gasteiger partial charge >= 0.3 is 0 Å². The number of aromatic nitrogens is 1. The second kappa shape index (κ2) is 6.26. The van der Waals surface area contributed by atoms with Gasteiger partial charge in [0, 0.05) is 17.6 Å². The average Bonchev–Trinajstić information content (AvgIpc) is 2.78. The van der Waals surface area contributed by atoms with Crippen molar-refractivity contribution >= 4 is 22.9 Å². The van der Waals surface area contributed by atoms with Crippen LogP contribution in [0.4, 0.5) is 5.69 Å². The maximum absolute atomic E-state index is 12.4. The van der Waals surface area contributed by atoms with Gasteiger partial charge in [0.25, 0.3) is 0 Å². The van der Waals surface area contributed by atoms with Crippen LogP contribution in [0, 0.1) is 13.8 Å². The third-order valence-corrected chi connectivity index (χ3v) is 4.87. The molecular formula is C16H21N3OS. The Labute approximate surface area is 129 Å². The third kappa shape index (κ3) is 3.61. The molecule has 1 unspecified atom stereocenters. The van der Waals surface area contributed by atoms with Gasteiger partial charge in [0.15, 0.2) is 0 Å². The number of carbonyl (C=O) groups excluding carboxylic acids is 1. The zero-order valence-corrected chi connectivity index (χ0v) is 13.7. The number of thiazole rings is 1. The molecule has 0 saturated heterocycles. The molecule has 2 aromatic rings. The molecule has 0 aliphatic carbocycles. The Morgan fingerprint density at radius 1 is 1.33 bits per heavy atom. The highest BCUT2D eigenvalue weighted by Gasteiger charge is 2.21. The highest BCUT2D eigenvalue weighted by Crippen LogP contribution is 2.28. The number of nitrogen functional groups attached to an aromatic ring is 1. The molecule has 5 heteroatoms. The number of benzene rings is 1. The number of likely N-dealkylation sites (N-methyl/N-ethyl adjacent to an activating group) is 1. The van der Waals surface area contributed by atoms with Crippen molar-refractivity contribution in [3.8, 4) is 0 Å². The zero-order chi connectivity index (χ0) is 15.6. The van der Waals surface area contributed by atoms with Gasteiger partial charge in [-0.1, -0.05) is 12.1 Å². The highest BCUT2D eigenvalue weighted by molar-refractivity contribution is 7.11. The first-order valence-electron chi connectivity index (χ1n) is 6.92. The Morgan fingerprint density at radius 3 is 2.48 bits per heavy atom. The molecule has 0 bridgehead atoms. The van der Waals surface area contributed by atoms with Crippen LogP contribution in [0.25, 0.3) is 0 Å². The van der Waals surface area contributed by atoms with E-state index in [1.165, 1.54) is 0 Å². The van der Waals surface area contributed by atoms with Crippen molar-refractivity contribution in [3.63, 3.8) is 0 Å². The molecule has 0 fully saturated rings. The topological polar surface area (TPSA) is 59.2 Å². The molecule has 4 nitrogen and oxygen atoms in total. The summed E-state index contributed by atoms with van der Waals surface area (Å²) >= 11 is 1.65. The molecule has 112 valence electrons. The van der Waals surface area contributed by atoms with E-state index in [9.17, 15) is 4.79 Å². The van der Waals surface area contributed by atoms with E-state index >= 15 is 0 Å². The summed E-state index contributed by atoms with van der Waals surface area (Å²) in [6.07, 6.45) is 0.387. The lowest BCUT2D eigenvalue weighted by molar-refractivity contribution is -0.131. The predicted octanol–water partition coefficient (Wildman–Crippen LogP) is 3.10. The molecule has 2 rings (SSSR count). The molecule has 2 N–H and O–H groups in total. The quantitative estimate of drug-likeness (QED) is 0.883. The number of hydrogen-bond donors (Lipinski definition) is 1. The second-order valence-corrected chi connectivity index (χ2v) is 6.52. The molecule has 1 heterocycles. The molecule has 0 radical (unpaired) electrons. The number of hydrogen-bond acceptors (Lipinski definition) is 4. The normalized spacial score (nSPS) is 12.2. The lowest BCUT2D eigenvalue weighted by Gasteiger charge is -2.24. The first-order valence-corrected chi connectivity index (χ1v) is 7.74. The van der Waals surface area contributed by atoms with Gasteiger partial charge in [-0.3, -0.25) is 4.79 Å². The monoisotopic (exact) mass is 303 g/mol. The number of anilines is 1. The Hall–Kier alpha value is -1.88. The highest BCUT2D eigenvalue weighted by atomic mass is 32.1. The van der Waals surface area contributed by atoms with Crippen LogP contribution in [0.2, 0.25) is 0 Å². The summed E-state index contributed by atoms with van der Waals surface area (Å²) in [5, 5.41) is 1.04. The average molecular weight is 303 g/mol. The second-order valence-electron chi connectivity index (χ2n) is 5.28. The number of nitrogens with two attached hydrogens (primary N) is 1. The van der Waals surface area contributed by atoms with E-state index in [0.717, 1.165) is 21.1 Å². The summed E-state index contributed by atoms with van der Waals surface area (Å²) in [5.74, 6) is 0.0951. The Bertz CT molecular complexity index is 633. The SMILES string of the molecule is Cc1nc(C)c(C(C)N(C)C(=O)Cc2ccc(N)cc2)s1. The van der Waals surface area contributed by atoms with E-state index in [0.29, 0.717) is 12.1 Å². The zero-order valence-electron chi connectivity index (χ0n) is 12.9. The minimum atomic E-state index is 0.0393. The summed E-state index contributed by atoms with van der Waals surface area (Å²) in [4.78, 5) is 19.8. The van der Waals surface area contributed by atoms with Crippen LogP contribution < -0.4 is 5.73 Å². The molecule has 1 atom stereocenters. The van der Waals surface area contributed by atoms with Crippen molar-refractivity contribution in [1.82, 2.24) is 9.88 Å². The first-order chi connectivity index (χ1) is 9.88. The smallest absolute Gasteiger partial charge is 0.227 e. The van der Waals surface area contributed by atoms with Crippen molar-refractivity contribution in [2.24, 2.45) is 0 Å². The van der Waals surface area contributed by atoms with Gasteiger partial charge in [0.05, 0.1) is 23.2 Å². The summed E-state index contributed by atoms with van der Waals surface area (Å²) in [5.41, 5.74) is 8.36.